The number of rotatable bonds is 6. The zero-order valence-electron chi connectivity index (χ0n) is 18.4. The number of esters is 1. The Balaban J connectivity index is 1.61. The molecule has 0 aliphatic heterocycles. The van der Waals surface area contributed by atoms with Crippen molar-refractivity contribution < 1.29 is 14.3 Å². The van der Waals surface area contributed by atoms with E-state index in [-0.39, 0.29) is 12.0 Å². The summed E-state index contributed by atoms with van der Waals surface area (Å²) >= 11 is 4.61. The highest BCUT2D eigenvalue weighted by atomic mass is 79.9. The van der Waals surface area contributed by atoms with Gasteiger partial charge in [0.25, 0.3) is 5.91 Å². The molecule has 168 valence electrons. The van der Waals surface area contributed by atoms with Crippen LogP contribution >= 0.6 is 27.3 Å². The molecule has 1 aliphatic rings. The van der Waals surface area contributed by atoms with E-state index in [9.17, 15) is 9.59 Å². The van der Waals surface area contributed by atoms with Crippen LogP contribution in [0.3, 0.4) is 0 Å². The van der Waals surface area contributed by atoms with E-state index in [0.29, 0.717) is 16.6 Å². The van der Waals surface area contributed by atoms with Gasteiger partial charge in [-0.2, -0.15) is 0 Å². The summed E-state index contributed by atoms with van der Waals surface area (Å²) in [5.41, 5.74) is 3.44. The molecule has 1 unspecified atom stereocenters. The van der Waals surface area contributed by atoms with Gasteiger partial charge in [0.15, 0.2) is 11.7 Å². The predicted molar refractivity (Wildman–Crippen MR) is 130 cm³/mol. The quantitative estimate of drug-likeness (QED) is 0.420. The number of para-hydroxylation sites is 1. The van der Waals surface area contributed by atoms with Gasteiger partial charge in [0.1, 0.15) is 0 Å². The fraction of sp³-hybridized carbons (Fsp3) is 0.417. The van der Waals surface area contributed by atoms with Gasteiger partial charge in [-0.25, -0.2) is 9.78 Å². The normalized spacial score (nSPS) is 15.9. The number of thiazole rings is 1. The second-order valence-electron chi connectivity index (χ2n) is 8.80. The molecule has 3 aromatic rings. The fourth-order valence-electron chi connectivity index (χ4n) is 4.25. The number of amides is 1. The number of aryl methyl sites for hydroxylation is 1. The van der Waals surface area contributed by atoms with Gasteiger partial charge in [0, 0.05) is 11.1 Å². The minimum Gasteiger partial charge on any atom is -0.452 e. The first-order valence-electron chi connectivity index (χ1n) is 10.8. The van der Waals surface area contributed by atoms with Gasteiger partial charge < -0.3 is 4.74 Å². The first-order valence-corrected chi connectivity index (χ1v) is 12.4. The number of carbonyl (C=O) groups excluding carboxylic acids is 2. The molecule has 2 aromatic heterocycles. The Morgan fingerprint density at radius 2 is 2.09 bits per heavy atom. The number of fused-ring (bicyclic) bond motifs is 2. The van der Waals surface area contributed by atoms with Crippen molar-refractivity contribution in [3.63, 3.8) is 0 Å². The van der Waals surface area contributed by atoms with E-state index in [2.05, 4.69) is 47.0 Å². The molecule has 0 saturated carbocycles. The van der Waals surface area contributed by atoms with Crippen molar-refractivity contribution in [3.8, 4) is 0 Å². The Kier molecular flexibility index (Phi) is 6.62. The third kappa shape index (κ3) is 4.71. The van der Waals surface area contributed by atoms with Crippen molar-refractivity contribution in [2.75, 3.05) is 11.9 Å². The van der Waals surface area contributed by atoms with E-state index in [1.807, 2.05) is 24.3 Å². The third-order valence-electron chi connectivity index (χ3n) is 6.54. The molecule has 1 aliphatic carbocycles. The monoisotopic (exact) mass is 515 g/mol. The summed E-state index contributed by atoms with van der Waals surface area (Å²) in [6.07, 6.45) is 5.36. The number of anilines is 1. The second-order valence-corrected chi connectivity index (χ2v) is 11.2. The summed E-state index contributed by atoms with van der Waals surface area (Å²) in [7, 11) is 0. The standard InChI is InChI=1S/C24H26BrN3O3S/c1-4-24(2,3)14-9-10-18-16(11-14)21(15-7-5-6-8-17(15)27-18)22(30)31-13-20(29)28-23-26-12-19(25)32-23/h5-8,12,14H,4,9-11,13H2,1-3H3,(H,26,28,29). The first kappa shape index (κ1) is 22.9. The lowest BCUT2D eigenvalue weighted by atomic mass is 9.68. The molecule has 1 aromatic carbocycles. The lowest BCUT2D eigenvalue weighted by Crippen LogP contribution is -2.31. The van der Waals surface area contributed by atoms with Gasteiger partial charge in [-0.3, -0.25) is 15.1 Å². The predicted octanol–water partition coefficient (Wildman–Crippen LogP) is 5.79. The van der Waals surface area contributed by atoms with Crippen molar-refractivity contribution in [1.82, 2.24) is 9.97 Å². The second kappa shape index (κ2) is 9.27. The molecule has 0 saturated heterocycles. The average Bonchev–Trinajstić information content (AvgIpc) is 3.19. The first-order chi connectivity index (χ1) is 15.3. The van der Waals surface area contributed by atoms with Crippen LogP contribution in [0.5, 0.6) is 0 Å². The topological polar surface area (TPSA) is 81.2 Å². The molecule has 8 heteroatoms. The van der Waals surface area contributed by atoms with Crippen molar-refractivity contribution in [2.45, 2.75) is 46.5 Å². The van der Waals surface area contributed by atoms with Crippen LogP contribution < -0.4 is 5.32 Å². The average molecular weight is 516 g/mol. The maximum Gasteiger partial charge on any atom is 0.339 e. The molecule has 4 rings (SSSR count). The SMILES string of the molecule is CCC(C)(C)C1CCc2nc3ccccc3c(C(=O)OCC(=O)Nc3ncc(Br)s3)c2C1. The van der Waals surface area contributed by atoms with Crippen LogP contribution in [0.4, 0.5) is 5.13 Å². The molecular weight excluding hydrogens is 490 g/mol. The number of hydrogen-bond acceptors (Lipinski definition) is 6. The molecular formula is C24H26BrN3O3S. The minimum atomic E-state index is -0.481. The van der Waals surface area contributed by atoms with Crippen molar-refractivity contribution in [3.05, 3.63) is 51.1 Å². The molecule has 1 N–H and O–H groups in total. The van der Waals surface area contributed by atoms with Gasteiger partial charge in [-0.15, -0.1) is 0 Å². The van der Waals surface area contributed by atoms with E-state index in [1.165, 1.54) is 11.3 Å². The van der Waals surface area contributed by atoms with Gasteiger partial charge in [0.05, 0.1) is 21.1 Å². The third-order valence-corrected chi connectivity index (χ3v) is 7.93. The molecule has 0 radical (unpaired) electrons. The van der Waals surface area contributed by atoms with Crippen LogP contribution in [0.25, 0.3) is 10.9 Å². The van der Waals surface area contributed by atoms with Crippen molar-refractivity contribution in [2.24, 2.45) is 11.3 Å². The highest BCUT2D eigenvalue weighted by molar-refractivity contribution is 9.11. The van der Waals surface area contributed by atoms with Crippen molar-refractivity contribution in [1.29, 1.82) is 0 Å². The highest BCUT2D eigenvalue weighted by Gasteiger charge is 2.34. The molecule has 2 heterocycles. The Morgan fingerprint density at radius 1 is 1.31 bits per heavy atom. The van der Waals surface area contributed by atoms with Gasteiger partial charge in [-0.1, -0.05) is 56.7 Å². The summed E-state index contributed by atoms with van der Waals surface area (Å²) < 4.78 is 6.29. The summed E-state index contributed by atoms with van der Waals surface area (Å²) in [5.74, 6) is -0.441. The van der Waals surface area contributed by atoms with Crippen LogP contribution in [0.15, 0.2) is 34.2 Å². The zero-order chi connectivity index (χ0) is 22.9. The molecule has 6 nitrogen and oxygen atoms in total. The maximum absolute atomic E-state index is 13.3. The number of carbonyl (C=O) groups is 2. The Bertz CT molecular complexity index is 1170. The highest BCUT2D eigenvalue weighted by Crippen LogP contribution is 2.41. The largest absolute Gasteiger partial charge is 0.452 e. The lowest BCUT2D eigenvalue weighted by molar-refractivity contribution is -0.119. The Labute approximate surface area is 199 Å². The molecule has 1 amide bonds. The molecule has 1 atom stereocenters. The van der Waals surface area contributed by atoms with Gasteiger partial charge >= 0.3 is 5.97 Å². The maximum atomic E-state index is 13.3. The van der Waals surface area contributed by atoms with E-state index >= 15 is 0 Å². The number of nitrogens with one attached hydrogen (secondary N) is 1. The number of hydrogen-bond donors (Lipinski definition) is 1. The molecule has 0 bridgehead atoms. The van der Waals surface area contributed by atoms with Crippen LogP contribution in [0.2, 0.25) is 0 Å². The summed E-state index contributed by atoms with van der Waals surface area (Å²) in [4.78, 5) is 34.5. The molecule has 0 spiro atoms. The van der Waals surface area contributed by atoms with Gasteiger partial charge in [0.2, 0.25) is 0 Å². The van der Waals surface area contributed by atoms with E-state index in [0.717, 1.165) is 51.6 Å². The summed E-state index contributed by atoms with van der Waals surface area (Å²) in [6, 6.07) is 7.64. The lowest BCUT2D eigenvalue weighted by Gasteiger charge is -2.37. The summed E-state index contributed by atoms with van der Waals surface area (Å²) in [6.45, 7) is 6.42. The number of halogens is 1. The van der Waals surface area contributed by atoms with E-state index < -0.39 is 11.9 Å². The zero-order valence-corrected chi connectivity index (χ0v) is 20.8. The number of pyridine rings is 1. The Hall–Kier alpha value is -2.32. The summed E-state index contributed by atoms with van der Waals surface area (Å²) in [5, 5.41) is 3.88. The molecule has 0 fully saturated rings. The Morgan fingerprint density at radius 3 is 2.81 bits per heavy atom. The van der Waals surface area contributed by atoms with Crippen LogP contribution in [0.1, 0.15) is 55.2 Å². The molecule has 32 heavy (non-hydrogen) atoms. The van der Waals surface area contributed by atoms with Crippen LogP contribution in [-0.4, -0.2) is 28.5 Å². The van der Waals surface area contributed by atoms with Crippen molar-refractivity contribution >= 4 is 55.2 Å². The van der Waals surface area contributed by atoms with E-state index in [4.69, 9.17) is 9.72 Å². The number of benzene rings is 1. The smallest absolute Gasteiger partial charge is 0.339 e. The number of nitrogens with zero attached hydrogens (tertiary/aromatic N) is 2. The van der Waals surface area contributed by atoms with E-state index in [1.54, 1.807) is 6.20 Å². The van der Waals surface area contributed by atoms with Crippen LogP contribution in [0, 0.1) is 11.3 Å². The van der Waals surface area contributed by atoms with Crippen LogP contribution in [-0.2, 0) is 22.4 Å². The fourth-order valence-corrected chi connectivity index (χ4v) is 5.37. The van der Waals surface area contributed by atoms with Gasteiger partial charge in [-0.05, 0) is 58.2 Å². The minimum absolute atomic E-state index is 0.173. The number of ether oxygens (including phenoxy) is 1. The number of aromatic nitrogens is 2.